The molecule has 0 aliphatic rings. The minimum Gasteiger partial charge on any atom is -0.346 e. The lowest BCUT2D eigenvalue weighted by atomic mass is 10.0. The van der Waals surface area contributed by atoms with Gasteiger partial charge in [0.2, 0.25) is 5.91 Å². The maximum absolute atomic E-state index is 13.5. The molecule has 1 N–H and O–H groups in total. The lowest BCUT2D eigenvalue weighted by molar-refractivity contribution is -0.116. The average Bonchev–Trinajstić information content (AvgIpc) is 3.08. The molecule has 1 atom stereocenters. The van der Waals surface area contributed by atoms with Crippen LogP contribution in [0.1, 0.15) is 18.0 Å². The largest absolute Gasteiger partial charge is 0.346 e. The van der Waals surface area contributed by atoms with Crippen molar-refractivity contribution in [3.8, 4) is 0 Å². The summed E-state index contributed by atoms with van der Waals surface area (Å²) >= 11 is 0. The number of pyridine rings is 1. The third-order valence-electron chi connectivity index (χ3n) is 3.53. The van der Waals surface area contributed by atoms with Crippen LogP contribution in [-0.4, -0.2) is 15.5 Å². The van der Waals surface area contributed by atoms with Crippen molar-refractivity contribution in [2.24, 2.45) is 0 Å². The molecule has 23 heavy (non-hydrogen) atoms. The topological polar surface area (TPSA) is 46.9 Å². The van der Waals surface area contributed by atoms with Crippen LogP contribution in [0.5, 0.6) is 0 Å². The molecule has 0 radical (unpaired) electrons. The Hall–Kier alpha value is -2.95. The number of hydrogen-bond acceptors (Lipinski definition) is 2. The minimum atomic E-state index is -0.315. The van der Waals surface area contributed by atoms with Crippen LogP contribution in [0.25, 0.3) is 0 Å². The zero-order valence-corrected chi connectivity index (χ0v) is 12.4. The van der Waals surface area contributed by atoms with Crippen molar-refractivity contribution in [3.05, 3.63) is 84.6 Å². The van der Waals surface area contributed by atoms with E-state index in [0.29, 0.717) is 5.82 Å². The lowest BCUT2D eigenvalue weighted by Gasteiger charge is -2.19. The molecule has 5 heteroatoms. The van der Waals surface area contributed by atoms with E-state index >= 15 is 0 Å². The van der Waals surface area contributed by atoms with Crippen molar-refractivity contribution >= 4 is 11.7 Å². The number of amides is 1. The fraction of sp³-hybridized carbons (Fsp3) is 0.111. The van der Waals surface area contributed by atoms with Crippen molar-refractivity contribution in [1.82, 2.24) is 9.55 Å². The minimum absolute atomic E-state index is 0.174. The fourth-order valence-corrected chi connectivity index (χ4v) is 2.47. The van der Waals surface area contributed by atoms with Gasteiger partial charge in [-0.15, -0.1) is 0 Å². The first-order chi connectivity index (χ1) is 11.2. The van der Waals surface area contributed by atoms with Crippen molar-refractivity contribution < 1.29 is 9.18 Å². The summed E-state index contributed by atoms with van der Waals surface area (Å²) in [5.74, 6) is 0.0134. The maximum atomic E-state index is 13.5. The smallest absolute Gasteiger partial charge is 0.227 e. The second kappa shape index (κ2) is 6.87. The van der Waals surface area contributed by atoms with Gasteiger partial charge in [0, 0.05) is 18.6 Å². The number of hydrogen-bond donors (Lipinski definition) is 1. The van der Waals surface area contributed by atoms with Crippen molar-refractivity contribution in [3.63, 3.8) is 0 Å². The number of carbonyl (C=O) groups excluding carboxylic acids is 1. The van der Waals surface area contributed by atoms with E-state index in [4.69, 9.17) is 0 Å². The molecular formula is C18H16FN3O. The maximum Gasteiger partial charge on any atom is 0.227 e. The van der Waals surface area contributed by atoms with E-state index in [1.807, 2.05) is 35.2 Å². The third kappa shape index (κ3) is 3.83. The highest BCUT2D eigenvalue weighted by atomic mass is 19.1. The highest BCUT2D eigenvalue weighted by Gasteiger charge is 2.18. The van der Waals surface area contributed by atoms with Crippen LogP contribution >= 0.6 is 0 Å². The van der Waals surface area contributed by atoms with E-state index in [0.717, 1.165) is 5.56 Å². The fourth-order valence-electron chi connectivity index (χ4n) is 2.47. The molecule has 0 bridgehead atoms. The summed E-state index contributed by atoms with van der Waals surface area (Å²) in [6.45, 7) is 0. The molecule has 116 valence electrons. The Balaban J connectivity index is 1.81. The molecule has 4 nitrogen and oxygen atoms in total. The molecule has 2 aromatic heterocycles. The molecule has 0 saturated heterocycles. The van der Waals surface area contributed by atoms with E-state index in [1.165, 1.54) is 12.1 Å². The SMILES string of the molecule is O=C(CC(c1cccc(F)c1)n1cccc1)Nc1ccccn1. The van der Waals surface area contributed by atoms with E-state index in [9.17, 15) is 9.18 Å². The van der Waals surface area contributed by atoms with Gasteiger partial charge < -0.3 is 9.88 Å². The summed E-state index contributed by atoms with van der Waals surface area (Å²) in [6.07, 6.45) is 5.54. The third-order valence-corrected chi connectivity index (χ3v) is 3.53. The number of benzene rings is 1. The average molecular weight is 309 g/mol. The summed E-state index contributed by atoms with van der Waals surface area (Å²) in [5, 5.41) is 2.76. The molecule has 0 fully saturated rings. The van der Waals surface area contributed by atoms with Gasteiger partial charge in [0.05, 0.1) is 12.5 Å². The molecule has 1 unspecified atom stereocenters. The first-order valence-corrected chi connectivity index (χ1v) is 7.31. The molecule has 3 aromatic rings. The number of nitrogens with zero attached hydrogens (tertiary/aromatic N) is 2. The zero-order chi connectivity index (χ0) is 16.1. The number of anilines is 1. The van der Waals surface area contributed by atoms with Crippen LogP contribution in [0, 0.1) is 5.82 Å². The highest BCUT2D eigenvalue weighted by Crippen LogP contribution is 2.23. The van der Waals surface area contributed by atoms with Crippen LogP contribution in [0.15, 0.2) is 73.2 Å². The van der Waals surface area contributed by atoms with Gasteiger partial charge in [-0.05, 0) is 42.0 Å². The highest BCUT2D eigenvalue weighted by molar-refractivity contribution is 5.90. The summed E-state index contributed by atoms with van der Waals surface area (Å²) in [6, 6.07) is 15.1. The van der Waals surface area contributed by atoms with Crippen LogP contribution in [0.3, 0.4) is 0 Å². The standard InChI is InChI=1S/C18H16FN3O/c19-15-7-5-6-14(12-15)16(22-10-3-4-11-22)13-18(23)21-17-8-1-2-9-20-17/h1-12,16H,13H2,(H,20,21,23). The predicted molar refractivity (Wildman–Crippen MR) is 86.5 cm³/mol. The number of aromatic nitrogens is 2. The van der Waals surface area contributed by atoms with E-state index in [1.54, 1.807) is 30.5 Å². The van der Waals surface area contributed by atoms with Gasteiger partial charge in [-0.3, -0.25) is 4.79 Å². The van der Waals surface area contributed by atoms with Gasteiger partial charge in [-0.25, -0.2) is 9.37 Å². The van der Waals surface area contributed by atoms with Crippen LogP contribution < -0.4 is 5.32 Å². The van der Waals surface area contributed by atoms with Gasteiger partial charge in [0.25, 0.3) is 0 Å². The first-order valence-electron chi connectivity index (χ1n) is 7.31. The van der Waals surface area contributed by atoms with Crippen molar-refractivity contribution in [1.29, 1.82) is 0 Å². The Labute approximate surface area is 133 Å². The van der Waals surface area contributed by atoms with Gasteiger partial charge in [-0.2, -0.15) is 0 Å². The molecule has 0 aliphatic carbocycles. The Morgan fingerprint density at radius 3 is 2.65 bits per heavy atom. The van der Waals surface area contributed by atoms with Gasteiger partial charge in [-0.1, -0.05) is 18.2 Å². The summed E-state index contributed by atoms with van der Waals surface area (Å²) in [5.41, 5.74) is 0.748. The van der Waals surface area contributed by atoms with E-state index in [2.05, 4.69) is 10.3 Å². The molecular weight excluding hydrogens is 293 g/mol. The summed E-state index contributed by atoms with van der Waals surface area (Å²) < 4.78 is 15.4. The number of rotatable bonds is 5. The summed E-state index contributed by atoms with van der Waals surface area (Å²) in [4.78, 5) is 16.4. The lowest BCUT2D eigenvalue weighted by Crippen LogP contribution is -2.20. The monoisotopic (exact) mass is 309 g/mol. The molecule has 0 spiro atoms. The first kappa shape index (κ1) is 15.0. The van der Waals surface area contributed by atoms with Crippen LogP contribution in [0.4, 0.5) is 10.2 Å². The molecule has 2 heterocycles. The predicted octanol–water partition coefficient (Wildman–Crippen LogP) is 3.64. The van der Waals surface area contributed by atoms with Crippen LogP contribution in [0.2, 0.25) is 0 Å². The molecule has 1 aromatic carbocycles. The second-order valence-corrected chi connectivity index (χ2v) is 5.17. The molecule has 0 saturated carbocycles. The Morgan fingerprint density at radius 2 is 1.96 bits per heavy atom. The van der Waals surface area contributed by atoms with Crippen molar-refractivity contribution in [2.45, 2.75) is 12.5 Å². The molecule has 1 amide bonds. The van der Waals surface area contributed by atoms with Gasteiger partial charge in [0.15, 0.2) is 0 Å². The Kier molecular flexibility index (Phi) is 4.47. The van der Waals surface area contributed by atoms with Crippen LogP contribution in [-0.2, 0) is 4.79 Å². The Bertz CT molecular complexity index is 772. The summed E-state index contributed by atoms with van der Waals surface area (Å²) in [7, 11) is 0. The normalized spacial score (nSPS) is 11.9. The van der Waals surface area contributed by atoms with Gasteiger partial charge >= 0.3 is 0 Å². The number of carbonyl (C=O) groups is 1. The molecule has 3 rings (SSSR count). The zero-order valence-electron chi connectivity index (χ0n) is 12.4. The van der Waals surface area contributed by atoms with Gasteiger partial charge in [0.1, 0.15) is 11.6 Å². The number of halogens is 1. The van der Waals surface area contributed by atoms with E-state index < -0.39 is 0 Å². The quantitative estimate of drug-likeness (QED) is 0.782. The Morgan fingerprint density at radius 1 is 1.13 bits per heavy atom. The van der Waals surface area contributed by atoms with E-state index in [-0.39, 0.29) is 24.2 Å². The number of nitrogens with one attached hydrogen (secondary N) is 1. The van der Waals surface area contributed by atoms with Crippen molar-refractivity contribution in [2.75, 3.05) is 5.32 Å². The second-order valence-electron chi connectivity index (χ2n) is 5.17. The molecule has 0 aliphatic heterocycles.